The molecule has 2 aromatic carbocycles. The number of carboxylic acid groups (broad SMARTS) is 1. The maximum absolute atomic E-state index is 12.7. The second kappa shape index (κ2) is 7.68. The summed E-state index contributed by atoms with van der Waals surface area (Å²) in [5.41, 5.74) is 1.12. The number of sulfonamides is 1. The zero-order valence-electron chi connectivity index (χ0n) is 14.3. The molecule has 0 aromatic heterocycles. The molecule has 2 N–H and O–H groups in total. The average molecular weight is 391 g/mol. The molecule has 0 saturated carbocycles. The summed E-state index contributed by atoms with van der Waals surface area (Å²) in [5.74, 6) is 0.197. The summed E-state index contributed by atoms with van der Waals surface area (Å²) >= 11 is 0. The first-order chi connectivity index (χ1) is 12.9. The summed E-state index contributed by atoms with van der Waals surface area (Å²) in [7, 11) is -2.54. The van der Waals surface area contributed by atoms with E-state index in [1.165, 1.54) is 25.3 Å². The van der Waals surface area contributed by atoms with Gasteiger partial charge in [0.15, 0.2) is 11.5 Å². The van der Waals surface area contributed by atoms with Gasteiger partial charge in [0.05, 0.1) is 7.11 Å². The van der Waals surface area contributed by atoms with E-state index in [1.807, 2.05) is 0 Å². The maximum atomic E-state index is 12.7. The number of nitrogens with one attached hydrogen (secondary N) is 1. The van der Waals surface area contributed by atoms with Crippen LogP contribution in [0.4, 0.5) is 0 Å². The maximum Gasteiger partial charge on any atom is 0.328 e. The fourth-order valence-corrected chi connectivity index (χ4v) is 3.70. The quantitative estimate of drug-likeness (QED) is 0.695. The summed E-state index contributed by atoms with van der Waals surface area (Å²) < 4.78 is 43.6. The predicted molar refractivity (Wildman–Crippen MR) is 96.3 cm³/mol. The number of carboxylic acids is 1. The molecule has 1 aliphatic rings. The molecule has 0 saturated heterocycles. The molecule has 0 atom stereocenters. The molecule has 8 nitrogen and oxygen atoms in total. The van der Waals surface area contributed by atoms with Crippen LogP contribution in [0.15, 0.2) is 47.4 Å². The number of ether oxygens (including phenoxy) is 3. The van der Waals surface area contributed by atoms with Crippen molar-refractivity contribution in [3.63, 3.8) is 0 Å². The Morgan fingerprint density at radius 3 is 2.74 bits per heavy atom. The van der Waals surface area contributed by atoms with E-state index < -0.39 is 16.0 Å². The van der Waals surface area contributed by atoms with Crippen LogP contribution in [-0.2, 0) is 21.4 Å². The van der Waals surface area contributed by atoms with E-state index in [0.29, 0.717) is 22.6 Å². The largest absolute Gasteiger partial charge is 0.495 e. The standard InChI is InChI=1S/C18H17NO7S/c1-24-15-6-2-12(4-7-18(20)21)9-17(15)27(22,23)19-10-13-3-5-14-16(8-13)26-11-25-14/h2-9,19H,10-11H2,1H3,(H,20,21)/b7-4+. The van der Waals surface area contributed by atoms with Gasteiger partial charge in [-0.15, -0.1) is 0 Å². The fraction of sp³-hybridized carbons (Fsp3) is 0.167. The van der Waals surface area contributed by atoms with Gasteiger partial charge in [-0.2, -0.15) is 0 Å². The van der Waals surface area contributed by atoms with Gasteiger partial charge in [0, 0.05) is 12.6 Å². The lowest BCUT2D eigenvalue weighted by Gasteiger charge is -2.12. The Morgan fingerprint density at radius 2 is 2.00 bits per heavy atom. The topological polar surface area (TPSA) is 111 Å². The normalized spacial score (nSPS) is 13.1. The van der Waals surface area contributed by atoms with E-state index in [9.17, 15) is 13.2 Å². The van der Waals surface area contributed by atoms with Gasteiger partial charge in [0.1, 0.15) is 10.6 Å². The van der Waals surface area contributed by atoms with E-state index in [4.69, 9.17) is 19.3 Å². The minimum Gasteiger partial charge on any atom is -0.495 e. The Bertz CT molecular complexity index is 999. The van der Waals surface area contributed by atoms with Crippen LogP contribution in [0, 0.1) is 0 Å². The predicted octanol–water partition coefficient (Wildman–Crippen LogP) is 2.00. The van der Waals surface area contributed by atoms with Crippen LogP contribution in [0.2, 0.25) is 0 Å². The van der Waals surface area contributed by atoms with Gasteiger partial charge < -0.3 is 19.3 Å². The van der Waals surface area contributed by atoms with Crippen LogP contribution in [-0.4, -0.2) is 33.4 Å². The highest BCUT2D eigenvalue weighted by molar-refractivity contribution is 7.89. The molecule has 3 rings (SSSR count). The number of hydrogen-bond acceptors (Lipinski definition) is 6. The van der Waals surface area contributed by atoms with Gasteiger partial charge in [0.2, 0.25) is 16.8 Å². The summed E-state index contributed by atoms with van der Waals surface area (Å²) in [4.78, 5) is 10.6. The van der Waals surface area contributed by atoms with E-state index in [0.717, 1.165) is 6.08 Å². The second-order valence-electron chi connectivity index (χ2n) is 5.59. The van der Waals surface area contributed by atoms with Crippen LogP contribution in [0.5, 0.6) is 17.2 Å². The lowest BCUT2D eigenvalue weighted by Crippen LogP contribution is -2.23. The molecule has 0 bridgehead atoms. The molecule has 2 aromatic rings. The molecule has 0 unspecified atom stereocenters. The summed E-state index contributed by atoms with van der Waals surface area (Å²) in [5, 5.41) is 8.72. The number of hydrogen-bond donors (Lipinski definition) is 2. The number of rotatable bonds is 7. The Labute approximate surface area is 156 Å². The first-order valence-electron chi connectivity index (χ1n) is 7.86. The van der Waals surface area contributed by atoms with Crippen LogP contribution in [0.25, 0.3) is 6.08 Å². The number of carbonyl (C=O) groups is 1. The molecular formula is C18H17NO7S. The Hall–Kier alpha value is -3.04. The Kier molecular flexibility index (Phi) is 5.33. The number of fused-ring (bicyclic) bond motifs is 1. The highest BCUT2D eigenvalue weighted by atomic mass is 32.2. The van der Waals surface area contributed by atoms with Crippen molar-refractivity contribution in [2.45, 2.75) is 11.4 Å². The van der Waals surface area contributed by atoms with E-state index >= 15 is 0 Å². The lowest BCUT2D eigenvalue weighted by molar-refractivity contribution is -0.131. The molecule has 0 radical (unpaired) electrons. The molecule has 1 heterocycles. The Balaban J connectivity index is 1.82. The average Bonchev–Trinajstić information content (AvgIpc) is 3.12. The van der Waals surface area contributed by atoms with Crippen molar-refractivity contribution < 1.29 is 32.5 Å². The SMILES string of the molecule is COc1ccc(/C=C/C(=O)O)cc1S(=O)(=O)NCc1ccc2c(c1)OCO2. The fourth-order valence-electron chi connectivity index (χ4n) is 2.48. The number of aliphatic carboxylic acids is 1. The zero-order chi connectivity index (χ0) is 19.4. The van der Waals surface area contributed by atoms with Gasteiger partial charge in [0.25, 0.3) is 0 Å². The van der Waals surface area contributed by atoms with Gasteiger partial charge >= 0.3 is 5.97 Å². The van der Waals surface area contributed by atoms with Crippen molar-refractivity contribution in [2.75, 3.05) is 13.9 Å². The molecule has 0 fully saturated rings. The van der Waals surface area contributed by atoms with Gasteiger partial charge in [-0.3, -0.25) is 0 Å². The summed E-state index contributed by atoms with van der Waals surface area (Å²) in [6, 6.07) is 9.53. The van der Waals surface area contributed by atoms with E-state index in [1.54, 1.807) is 24.3 Å². The highest BCUT2D eigenvalue weighted by Crippen LogP contribution is 2.32. The molecule has 0 spiro atoms. The van der Waals surface area contributed by atoms with Crippen LogP contribution in [0.3, 0.4) is 0 Å². The molecule has 27 heavy (non-hydrogen) atoms. The minimum absolute atomic E-state index is 0.0390. The zero-order valence-corrected chi connectivity index (χ0v) is 15.2. The van der Waals surface area contributed by atoms with Crippen molar-refractivity contribution in [1.29, 1.82) is 0 Å². The first-order valence-corrected chi connectivity index (χ1v) is 9.34. The van der Waals surface area contributed by atoms with Crippen molar-refractivity contribution >= 4 is 22.1 Å². The highest BCUT2D eigenvalue weighted by Gasteiger charge is 2.20. The number of methoxy groups -OCH3 is 1. The molecular weight excluding hydrogens is 374 g/mol. The molecule has 0 amide bonds. The second-order valence-corrected chi connectivity index (χ2v) is 7.33. The van der Waals surface area contributed by atoms with Crippen molar-refractivity contribution in [2.24, 2.45) is 0 Å². The molecule has 9 heteroatoms. The van der Waals surface area contributed by atoms with Crippen molar-refractivity contribution in [1.82, 2.24) is 4.72 Å². The van der Waals surface area contributed by atoms with E-state index in [2.05, 4.69) is 4.72 Å². The van der Waals surface area contributed by atoms with Crippen LogP contribution >= 0.6 is 0 Å². The smallest absolute Gasteiger partial charge is 0.328 e. The number of benzene rings is 2. The Morgan fingerprint density at radius 1 is 1.22 bits per heavy atom. The third-order valence-electron chi connectivity index (χ3n) is 3.80. The third-order valence-corrected chi connectivity index (χ3v) is 5.22. The van der Waals surface area contributed by atoms with E-state index in [-0.39, 0.29) is 24.0 Å². The molecule has 0 aliphatic carbocycles. The van der Waals surface area contributed by atoms with Crippen molar-refractivity contribution in [3.8, 4) is 17.2 Å². The van der Waals surface area contributed by atoms with Gasteiger partial charge in [-0.25, -0.2) is 17.9 Å². The minimum atomic E-state index is -3.90. The van der Waals surface area contributed by atoms with Gasteiger partial charge in [-0.1, -0.05) is 12.1 Å². The van der Waals surface area contributed by atoms with Crippen molar-refractivity contribution in [3.05, 3.63) is 53.6 Å². The van der Waals surface area contributed by atoms with Crippen LogP contribution < -0.4 is 18.9 Å². The van der Waals surface area contributed by atoms with Gasteiger partial charge in [-0.05, 0) is 41.5 Å². The monoisotopic (exact) mass is 391 g/mol. The van der Waals surface area contributed by atoms with Crippen LogP contribution in [0.1, 0.15) is 11.1 Å². The summed E-state index contributed by atoms with van der Waals surface area (Å²) in [6.07, 6.45) is 2.23. The molecule has 1 aliphatic heterocycles. The third kappa shape index (κ3) is 4.39. The summed E-state index contributed by atoms with van der Waals surface area (Å²) in [6.45, 7) is 0.176. The lowest BCUT2D eigenvalue weighted by atomic mass is 10.2. The molecule has 142 valence electrons. The first kappa shape index (κ1) is 18.7.